The third kappa shape index (κ3) is 1.54. The van der Waals surface area contributed by atoms with Crippen molar-refractivity contribution in [2.45, 2.75) is 17.4 Å². The summed E-state index contributed by atoms with van der Waals surface area (Å²) < 4.78 is 36.6. The number of nitrogens with two attached hydrogens (primary N) is 1. The molecule has 6 fully saturated rings. The van der Waals surface area contributed by atoms with Crippen LogP contribution in [0.25, 0.3) is 16.9 Å². The van der Waals surface area contributed by atoms with Gasteiger partial charge in [-0.25, -0.2) is 27.6 Å². The van der Waals surface area contributed by atoms with Gasteiger partial charge in [-0.1, -0.05) is 6.07 Å². The van der Waals surface area contributed by atoms with E-state index >= 15 is 0 Å². The van der Waals surface area contributed by atoms with Crippen LogP contribution in [-0.4, -0.2) is 46.6 Å². The summed E-state index contributed by atoms with van der Waals surface area (Å²) in [6.07, 6.45) is 2.97. The Labute approximate surface area is 188 Å². The maximum atomic E-state index is 13.5. The lowest BCUT2D eigenvalue weighted by molar-refractivity contribution is -0.608. The molecule has 9 rings (SSSR count). The van der Waals surface area contributed by atoms with Crippen LogP contribution in [-0.2, 0) is 19.6 Å². The number of aromatic nitrogens is 4. The maximum absolute atomic E-state index is 13.5. The second-order valence-corrected chi connectivity index (χ2v) is 11.8. The molecule has 1 aromatic carbocycles. The Hall–Kier alpha value is -3.05. The van der Waals surface area contributed by atoms with Gasteiger partial charge in [-0.2, -0.15) is 5.10 Å². The Balaban J connectivity index is 1.13. The van der Waals surface area contributed by atoms with Crippen LogP contribution in [0.2, 0.25) is 0 Å². The van der Waals surface area contributed by atoms with E-state index < -0.39 is 10.0 Å². The molecule has 2 heterocycles. The molecule has 3 aromatic rings. The number of nitrogen functional groups attached to an aromatic ring is 1. The van der Waals surface area contributed by atoms with Crippen molar-refractivity contribution >= 4 is 27.5 Å². The third-order valence-corrected chi connectivity index (χ3v) is 11.1. The molecule has 11 heteroatoms. The molecule has 0 spiro atoms. The molecule has 2 aromatic heterocycles. The molecule has 0 unspecified atom stereocenters. The van der Waals surface area contributed by atoms with Gasteiger partial charge in [-0.05, 0) is 60.1 Å². The Bertz CT molecular complexity index is 1510. The highest BCUT2D eigenvalue weighted by Gasteiger charge is 3.12. The number of anilines is 1. The van der Waals surface area contributed by atoms with Crippen molar-refractivity contribution in [2.75, 3.05) is 12.8 Å². The van der Waals surface area contributed by atoms with Crippen molar-refractivity contribution in [3.8, 4) is 11.3 Å². The van der Waals surface area contributed by atoms with Crippen molar-refractivity contribution in [3.63, 3.8) is 0 Å². The lowest BCUT2D eigenvalue weighted by Crippen LogP contribution is -3.16. The van der Waals surface area contributed by atoms with E-state index in [0.717, 1.165) is 5.56 Å². The first-order valence-corrected chi connectivity index (χ1v) is 12.5. The van der Waals surface area contributed by atoms with Gasteiger partial charge < -0.3 is 10.5 Å². The molecular formula is C22H20N6O4S. The fourth-order valence-corrected chi connectivity index (χ4v) is 10.2. The van der Waals surface area contributed by atoms with Crippen LogP contribution < -0.4 is 10.5 Å². The van der Waals surface area contributed by atoms with Crippen LogP contribution in [0, 0.1) is 47.8 Å². The molecule has 0 amide bonds. The average Bonchev–Trinajstić information content (AvgIpc) is 3.24. The predicted molar refractivity (Wildman–Crippen MR) is 114 cm³/mol. The van der Waals surface area contributed by atoms with Gasteiger partial charge in [0.05, 0.1) is 29.3 Å². The van der Waals surface area contributed by atoms with Crippen molar-refractivity contribution in [1.29, 1.82) is 0 Å². The van der Waals surface area contributed by atoms with Crippen LogP contribution in [0.4, 0.5) is 5.82 Å². The molecule has 0 radical (unpaired) electrons. The number of hydrogen-bond acceptors (Lipinski definition) is 8. The Morgan fingerprint density at radius 2 is 1.85 bits per heavy atom. The van der Waals surface area contributed by atoms with Gasteiger partial charge in [0.25, 0.3) is 0 Å². The summed E-state index contributed by atoms with van der Waals surface area (Å²) in [6.45, 7) is 1.91. The zero-order chi connectivity index (χ0) is 22.7. The number of aryl methyl sites for hydroxylation is 1. The average molecular weight is 465 g/mol. The molecule has 6 aliphatic rings. The number of sulfonamides is 1. The number of fused-ring (bicyclic) bond motifs is 1. The third-order valence-electron chi connectivity index (χ3n) is 9.61. The molecule has 10 nitrogen and oxygen atoms in total. The monoisotopic (exact) mass is 464 g/mol. The molecule has 0 saturated heterocycles. The summed E-state index contributed by atoms with van der Waals surface area (Å²) in [5, 5.41) is 4.23. The van der Waals surface area contributed by atoms with Crippen LogP contribution in [0.5, 0.6) is 0 Å². The van der Waals surface area contributed by atoms with E-state index in [1.165, 1.54) is 13.4 Å². The fourth-order valence-electron chi connectivity index (χ4n) is 8.67. The summed E-state index contributed by atoms with van der Waals surface area (Å²) in [5.41, 5.74) is 7.92. The number of ether oxygens (including phenoxy) is 1. The second kappa shape index (κ2) is 5.05. The van der Waals surface area contributed by atoms with E-state index in [1.807, 2.05) is 6.92 Å². The first-order chi connectivity index (χ1) is 15.8. The molecule has 3 N–H and O–H groups in total. The topological polar surface area (TPSA) is 142 Å². The van der Waals surface area contributed by atoms with Gasteiger partial charge in [0.2, 0.25) is 10.0 Å². The summed E-state index contributed by atoms with van der Waals surface area (Å²) in [4.78, 5) is 20.8. The van der Waals surface area contributed by atoms with Gasteiger partial charge in [0.1, 0.15) is 6.33 Å². The van der Waals surface area contributed by atoms with E-state index in [-0.39, 0.29) is 45.4 Å². The molecular weight excluding hydrogens is 444 g/mol. The highest BCUT2D eigenvalue weighted by Crippen LogP contribution is 3.07. The van der Waals surface area contributed by atoms with Crippen LogP contribution in [0.3, 0.4) is 0 Å². The molecule has 33 heavy (non-hydrogen) atoms. The number of methoxy groups -OCH3 is 1. The maximum Gasteiger partial charge on any atom is 0.312 e. The van der Waals surface area contributed by atoms with Gasteiger partial charge in [0.15, 0.2) is 11.5 Å². The number of nitrogens with one attached hydrogen (secondary N) is 1. The fraction of sp³-hybridized carbons (Fsp3) is 0.455. The van der Waals surface area contributed by atoms with Crippen LogP contribution in [0.15, 0.2) is 35.6 Å². The number of rotatable bonds is 5. The minimum atomic E-state index is -3.75. The largest absolute Gasteiger partial charge is 0.469 e. The van der Waals surface area contributed by atoms with Crippen molar-refractivity contribution in [1.82, 2.24) is 24.3 Å². The molecule has 6 saturated carbocycles. The summed E-state index contributed by atoms with van der Waals surface area (Å²) in [6, 6.07) is 5.08. The molecule has 0 atom stereocenters. The highest BCUT2D eigenvalue weighted by atomic mass is 32.2. The zero-order valence-electron chi connectivity index (χ0n) is 17.8. The normalized spacial score (nSPS) is 40.1. The first-order valence-electron chi connectivity index (χ1n) is 11.0. The number of hydrogen-bond donors (Lipinski definition) is 2. The predicted octanol–water partition coefficient (Wildman–Crippen LogP) is 0.624. The van der Waals surface area contributed by atoms with E-state index in [0.29, 0.717) is 34.7 Å². The lowest BCUT2D eigenvalue weighted by Gasteiger charge is -3.09. The van der Waals surface area contributed by atoms with E-state index in [1.54, 1.807) is 28.9 Å². The Kier molecular flexibility index (Phi) is 2.81. The number of esters is 1. The number of carbonyl (C=O) groups is 1. The molecule has 168 valence electrons. The van der Waals surface area contributed by atoms with Crippen molar-refractivity contribution < 1.29 is 17.9 Å². The first kappa shape index (κ1) is 18.4. The van der Waals surface area contributed by atoms with Crippen molar-refractivity contribution in [2.24, 2.45) is 40.9 Å². The Morgan fingerprint density at radius 1 is 1.15 bits per heavy atom. The van der Waals surface area contributed by atoms with E-state index in [9.17, 15) is 13.2 Å². The molecule has 0 bridgehead atoms. The quantitative estimate of drug-likeness (QED) is 0.524. The summed E-state index contributed by atoms with van der Waals surface area (Å²) in [5.74, 6) is 1.87. The minimum Gasteiger partial charge on any atom is -0.469 e. The SMILES string of the molecule is COC(=O)C12C3C4C1C1C2C3C41NS(=O)(=O)c1ccc(C)c(-c2cnc3c(N)ncnn23)c1. The summed E-state index contributed by atoms with van der Waals surface area (Å²) >= 11 is 0. The van der Waals surface area contributed by atoms with Gasteiger partial charge >= 0.3 is 5.97 Å². The van der Waals surface area contributed by atoms with E-state index in [4.69, 9.17) is 10.5 Å². The number of nitrogens with zero attached hydrogens (tertiary/aromatic N) is 4. The lowest BCUT2D eigenvalue weighted by atomic mass is 8.94. The van der Waals surface area contributed by atoms with E-state index in [2.05, 4.69) is 19.8 Å². The molecule has 6 aliphatic carbocycles. The van der Waals surface area contributed by atoms with Crippen LogP contribution >= 0.6 is 0 Å². The number of carbonyl (C=O) groups excluding carboxylic acids is 1. The highest BCUT2D eigenvalue weighted by molar-refractivity contribution is 7.89. The van der Waals surface area contributed by atoms with Gasteiger partial charge in [-0.15, -0.1) is 0 Å². The summed E-state index contributed by atoms with van der Waals surface area (Å²) in [7, 11) is -2.30. The van der Waals surface area contributed by atoms with Crippen molar-refractivity contribution in [3.05, 3.63) is 36.3 Å². The molecule has 0 aliphatic heterocycles. The minimum absolute atomic E-state index is 0.0944. The number of imidazole rings is 1. The van der Waals surface area contributed by atoms with Gasteiger partial charge in [0, 0.05) is 11.1 Å². The standard InChI is InChI=1S/C22H20N6O4S/c1-8-3-4-9(5-10(8)11-6-24-19-18(23)25-7-26-28(11)19)33(30,31)27-22-15-12-16(22)14-17(22)13(15)21(12,14)20(29)32-2/h3-7,12-17,27H,1-2H3,(H2,23,25,26). The number of benzene rings is 1. The second-order valence-electron chi connectivity index (χ2n) is 10.1. The van der Waals surface area contributed by atoms with Gasteiger partial charge in [-0.3, -0.25) is 4.79 Å². The smallest absolute Gasteiger partial charge is 0.312 e. The zero-order valence-corrected chi connectivity index (χ0v) is 18.6. The van der Waals surface area contributed by atoms with Crippen LogP contribution in [0.1, 0.15) is 5.56 Å². The Morgan fingerprint density at radius 3 is 2.52 bits per heavy atom.